The molecule has 7 aromatic heterocycles. The van der Waals surface area contributed by atoms with Crippen molar-refractivity contribution >= 4 is 175 Å². The second kappa shape index (κ2) is 46.1. The van der Waals surface area contributed by atoms with Gasteiger partial charge in [-0.3, -0.25) is 33.9 Å². The first-order valence-corrected chi connectivity index (χ1v) is 41.1. The summed E-state index contributed by atoms with van der Waals surface area (Å²) in [6.07, 6.45) is 24.6. The molecule has 0 fully saturated rings. The zero-order valence-corrected chi connectivity index (χ0v) is 73.3. The van der Waals surface area contributed by atoms with Crippen LogP contribution in [0.2, 0.25) is 0 Å². The maximum absolute atomic E-state index is 12.5. The number of ketones is 4. The van der Waals surface area contributed by atoms with E-state index in [4.69, 9.17) is 45.9 Å². The van der Waals surface area contributed by atoms with Crippen LogP contribution in [0.1, 0.15) is 126 Å². The molecule has 8 atom stereocenters. The fourth-order valence-corrected chi connectivity index (χ4v) is 13.5. The van der Waals surface area contributed by atoms with Gasteiger partial charge in [0.05, 0.1) is 48.3 Å². The number of aliphatic imine (C=N–C) groups is 1. The van der Waals surface area contributed by atoms with E-state index >= 15 is 0 Å². The van der Waals surface area contributed by atoms with Crippen molar-refractivity contribution in [1.29, 1.82) is 0 Å². The van der Waals surface area contributed by atoms with E-state index in [0.29, 0.717) is 130 Å². The molecule has 4 unspecified atom stereocenters. The summed E-state index contributed by atoms with van der Waals surface area (Å²) >= 11 is 0. The number of fused-ring (bicyclic) bond motifs is 4. The molecule has 132 heavy (non-hydrogen) atoms. The Bertz CT molecular complexity index is 5770. The van der Waals surface area contributed by atoms with Crippen LogP contribution >= 0.6 is 0 Å². The minimum Gasteiger partial charge on any atom is -0.480 e. The standard InChI is InChI=1S/C21H28N8O4.2C21H26N8O4.C21H24N8O4/c4*1-11(30)3-8-15(20(32)33)26-19(31)12-4-6-14(7-5-12)29(2)10-13-9-24-18-16(25-13)17(22)27-21(23)28-18/h4-6,9,13-15,25H,3,7-8,10H2,1-2H3,(H,26,31)(H,32,33)(H4,22,23,27,28);2*4-6,9,14-15H,3,7-8,10H2,1-2H3,(H,26,31)(H,32,33)(H4,22,23,24,27,28);4-7,9,15H,3,8,10H2,1-2H3,(H,26,31)(H,32,33)(H4,22,23,24,27,28)/t13?,14?,15-;2*14?,15-;15-/m0000/s1/i3+1,4+1,5+1,6+1,7+1,8+1,9+1,10+1,11+1,12+1,13+1,14+1,15+1,20+1;3+1,4+1,5+1,6+1,7+1,8+1,11+1,12+1,14+1,15+1,20+1;4+1,5+1,6+1,7+1,12+1,14+1;3+1,8+1,11+1,15+1,20+1. The van der Waals surface area contributed by atoms with E-state index in [1.165, 1.54) is 27.7 Å². The Kier molecular flexibility index (Phi) is 34.9. The number of carbonyl (C=O) groups is 12. The van der Waals surface area contributed by atoms with Crippen molar-refractivity contribution < 1.29 is 78.0 Å². The van der Waals surface area contributed by atoms with Crippen molar-refractivity contribution in [3.05, 3.63) is 137 Å². The number of Topliss-reactive ketones (excluding diaryl/α,β-unsaturated/α-hetero) is 4. The molecule has 0 saturated carbocycles. The number of carboxylic acids is 4. The van der Waals surface area contributed by atoms with Crippen molar-refractivity contribution in [1.82, 2.24) is 106 Å². The normalized spacial score (nSPS) is 16.1. The second-order valence-electron chi connectivity index (χ2n) is 31.3. The Balaban J connectivity index is 0.000000198. The molecule has 0 radical (unpaired) electrons. The van der Waals surface area contributed by atoms with E-state index in [-0.39, 0.29) is 146 Å². The van der Waals surface area contributed by atoms with Gasteiger partial charge in [0.2, 0.25) is 23.8 Å². The third kappa shape index (κ3) is 29.0. The monoisotopic (exact) mass is 1850 g/mol. The highest BCUT2D eigenvalue weighted by Crippen LogP contribution is 2.32. The number of aromatic nitrogens is 14. The molecule has 8 heterocycles. The molecule has 48 heteroatoms. The van der Waals surface area contributed by atoms with Crippen molar-refractivity contribution in [3.8, 4) is 0 Å². The summed E-state index contributed by atoms with van der Waals surface area (Å²) in [7, 11) is 7.60. The van der Waals surface area contributed by atoms with Gasteiger partial charge in [-0.25, -0.2) is 54.1 Å². The van der Waals surface area contributed by atoms with Crippen LogP contribution in [-0.4, -0.2) is 265 Å². The zero-order chi connectivity index (χ0) is 96.5. The number of hydrogen-bond donors (Lipinski definition) is 17. The van der Waals surface area contributed by atoms with E-state index in [1.807, 2.05) is 61.1 Å². The summed E-state index contributed by atoms with van der Waals surface area (Å²) in [5, 5.41) is 50.3. The maximum Gasteiger partial charge on any atom is 0.326 e. The molecule has 8 aromatic rings. The van der Waals surface area contributed by atoms with Gasteiger partial charge in [0.15, 0.2) is 62.6 Å². The van der Waals surface area contributed by atoms with E-state index in [0.717, 1.165) is 5.69 Å². The van der Waals surface area contributed by atoms with E-state index in [1.54, 1.807) is 85.5 Å². The van der Waals surface area contributed by atoms with E-state index in [2.05, 4.69) is 106 Å². The fourth-order valence-electron chi connectivity index (χ4n) is 13.5. The van der Waals surface area contributed by atoms with Gasteiger partial charge >= 0.3 is 23.9 Å². The van der Waals surface area contributed by atoms with Crippen LogP contribution in [0.5, 0.6) is 0 Å². The number of amides is 4. The van der Waals surface area contributed by atoms with E-state index < -0.39 is 71.7 Å². The predicted octanol–water partition coefficient (Wildman–Crippen LogP) is 1.45. The smallest absolute Gasteiger partial charge is 0.326 e. The largest absolute Gasteiger partial charge is 0.480 e. The lowest BCUT2D eigenvalue weighted by molar-refractivity contribution is -0.142. The van der Waals surface area contributed by atoms with Crippen LogP contribution in [-0.2, 0) is 72.4 Å². The first-order valence-electron chi connectivity index (χ1n) is 41.1. The van der Waals surface area contributed by atoms with Crippen molar-refractivity contribution in [2.24, 2.45) is 4.99 Å². The predicted molar refractivity (Wildman–Crippen MR) is 487 cm³/mol. The molecule has 48 nitrogen and oxygen atoms in total. The molecular weight excluding hydrogens is 1750 g/mol. The minimum atomic E-state index is -1.19. The van der Waals surface area contributed by atoms with E-state index in [9.17, 15) is 78.0 Å². The molecule has 12 rings (SSSR count). The maximum atomic E-state index is 12.5. The number of nitrogens with zero attached hydrogens (tertiary/aromatic N) is 19. The van der Waals surface area contributed by atoms with Crippen LogP contribution in [0.15, 0.2) is 119 Å². The van der Waals surface area contributed by atoms with Crippen LogP contribution in [0.25, 0.3) is 33.5 Å². The van der Waals surface area contributed by atoms with Crippen molar-refractivity contribution in [2.45, 2.75) is 166 Å². The van der Waals surface area contributed by atoms with Crippen molar-refractivity contribution in [3.63, 3.8) is 0 Å². The first kappa shape index (κ1) is 99.8. The number of carboxylic acid groups (broad SMARTS) is 4. The Morgan fingerprint density at radius 1 is 0.409 bits per heavy atom. The average molecular weight is 1850 g/mol. The molecule has 0 spiro atoms. The van der Waals surface area contributed by atoms with Crippen LogP contribution in [0, 0.1) is 0 Å². The molecule has 4 amide bonds. The van der Waals surface area contributed by atoms with Crippen LogP contribution in [0.4, 0.5) is 64.3 Å². The lowest BCUT2D eigenvalue weighted by Gasteiger charge is -2.31. The Labute approximate surface area is 754 Å². The molecule has 0 saturated heterocycles. The third-order valence-electron chi connectivity index (χ3n) is 20.7. The highest BCUT2D eigenvalue weighted by molar-refractivity contribution is 6.01. The van der Waals surface area contributed by atoms with Gasteiger partial charge in [-0.1, -0.05) is 54.7 Å². The van der Waals surface area contributed by atoms with Gasteiger partial charge < -0.3 is 117 Å². The fraction of sp³-hybridized carbons (Fsp3) is 0.369. The Hall–Kier alpha value is -16.0. The number of nitrogen functional groups attached to an aromatic ring is 8. The second-order valence-corrected chi connectivity index (χ2v) is 31.3. The zero-order valence-electron chi connectivity index (χ0n) is 73.3. The molecule has 25 N–H and O–H groups in total. The summed E-state index contributed by atoms with van der Waals surface area (Å²) in [4.78, 5) is 210. The molecule has 4 aliphatic rings. The average Bonchev–Trinajstić information content (AvgIpc) is 0.815. The van der Waals surface area contributed by atoms with Gasteiger partial charge in [-0.2, -0.15) is 39.9 Å². The summed E-state index contributed by atoms with van der Waals surface area (Å²) in [5.41, 5.74) is 52.7. The number of carbonyl (C=O) groups excluding carboxylic acids is 8. The van der Waals surface area contributed by atoms with Gasteiger partial charge in [-0.05, 0) is 118 Å². The lowest BCUT2D eigenvalue weighted by atomic mass is 10.1. The number of benzene rings is 1. The highest BCUT2D eigenvalue weighted by Gasteiger charge is 2.31. The molecule has 0 bridgehead atoms. The summed E-state index contributed by atoms with van der Waals surface area (Å²) in [6, 6.07) is 2.05. The molecule has 1 aliphatic heterocycles. The molecular formula is C84H104N32O16. The number of nitrogens with two attached hydrogens (primary N) is 8. The Morgan fingerprint density at radius 3 is 1.05 bits per heavy atom. The van der Waals surface area contributed by atoms with Crippen molar-refractivity contribution in [2.75, 3.05) is 90.8 Å². The highest BCUT2D eigenvalue weighted by atomic mass is 16.5. The van der Waals surface area contributed by atoms with Gasteiger partial charge in [-0.15, -0.1) is 0 Å². The topological polar surface area (TPSA) is 760 Å². The van der Waals surface area contributed by atoms with Crippen LogP contribution < -0.4 is 77.4 Å². The molecule has 696 valence electrons. The van der Waals surface area contributed by atoms with Gasteiger partial charge in [0.1, 0.15) is 53.0 Å². The number of aliphatic carboxylic acids is 4. The lowest BCUT2D eigenvalue weighted by Crippen LogP contribution is -2.43. The summed E-state index contributed by atoms with van der Waals surface area (Å²) in [5.74, 6) is -5.95. The molecule has 3 aliphatic carbocycles. The Morgan fingerprint density at radius 2 is 0.727 bits per heavy atom. The third-order valence-corrected chi connectivity index (χ3v) is 20.7. The molecule has 1 aromatic carbocycles. The minimum absolute atomic E-state index is 0.00737. The summed E-state index contributed by atoms with van der Waals surface area (Å²) in [6.45, 7) is 7.44. The SMILES string of the molecule is CC(=O)CC[C@H](NC(=O)[13C]1=[13CH][13CH2][13CH](N(C)Cc2cnc3nc(N)nc(N)c3n2)[13CH]=[13CH]1)C(=O)O.C[13C](=O)[13CH2][13CH2][13C@H](NC(=O)[13C]1=[13CH][13CH2][13CH](N(C)Cc2cnc3nc(N)nc(N)c3n2)[13CH]=[13CH]1)[13C](=O)O.C[13C](=O)[13CH2][13CH2][13C@H](NC(=O)[13C]1=[13CH][13CH2][13CH](N(C)[13CH2][13CH]2[13CH]=Nc3nc(N)nc(N)c3N2)[13CH]=[13CH]1)[13C](=O)O.C[13C](=O)[13CH2][13CH2][13C@H](NC(=O)c1ccc(N(C)Cc2cnc3nc(N)nc(N)c3n2)cc1)[13C](=O)O. The van der Waals surface area contributed by atoms with Crippen LogP contribution in [0.3, 0.4) is 0 Å². The number of anilines is 10. The number of nitrogens with one attached hydrogen (secondary N) is 5. The number of likely N-dealkylation sites (N-methyl/N-ethyl adjacent to an activating group) is 3. The number of hydrogen-bond acceptors (Lipinski definition) is 40. The number of rotatable bonds is 36. The quantitative estimate of drug-likeness (QED) is 0.0247. The van der Waals surface area contributed by atoms with Gasteiger partial charge in [0.25, 0.3) is 23.6 Å². The summed E-state index contributed by atoms with van der Waals surface area (Å²) < 4.78 is 0. The van der Waals surface area contributed by atoms with Gasteiger partial charge in [0, 0.05) is 105 Å². The first-order chi connectivity index (χ1) is 62.5.